The van der Waals surface area contributed by atoms with Crippen molar-refractivity contribution in [2.45, 2.75) is 26.7 Å². The molecule has 2 aromatic carbocycles. The zero-order valence-electron chi connectivity index (χ0n) is 21.1. The third-order valence-corrected chi connectivity index (χ3v) is 5.57. The maximum atomic E-state index is 12.8. The lowest BCUT2D eigenvalue weighted by Gasteiger charge is -2.22. The third-order valence-electron chi connectivity index (χ3n) is 5.57. The standard InChI is InChI=1S/C21H25NO4.C6H12FN/c1-15(11-16-9-7-6-8-10-16)14-22(2)21(23)17-12-18(24-3)20(26-5)19(13-17)25-4;1-6-3-2-4-8(7)5-6/h6-13H,14H2,1-5H3;6H,2-5H2,1H3/b15-11+;/t;6-/m.1/s1. The minimum absolute atomic E-state index is 0.120. The third kappa shape index (κ3) is 8.06. The van der Waals surface area contributed by atoms with Gasteiger partial charge < -0.3 is 19.1 Å². The monoisotopic (exact) mass is 472 g/mol. The highest BCUT2D eigenvalue weighted by molar-refractivity contribution is 5.95. The number of halogens is 1. The number of rotatable bonds is 7. The number of benzene rings is 2. The zero-order valence-corrected chi connectivity index (χ0v) is 21.1. The lowest BCUT2D eigenvalue weighted by atomic mass is 10.0. The molecular weight excluding hydrogens is 435 g/mol. The van der Waals surface area contributed by atoms with E-state index < -0.39 is 0 Å². The number of methoxy groups -OCH3 is 3. The molecule has 186 valence electrons. The molecule has 0 radical (unpaired) electrons. The number of carbonyl (C=O) groups excluding carboxylic acids is 1. The summed E-state index contributed by atoms with van der Waals surface area (Å²) in [7, 11) is 6.36. The van der Waals surface area contributed by atoms with Gasteiger partial charge in [-0.3, -0.25) is 4.79 Å². The summed E-state index contributed by atoms with van der Waals surface area (Å²) in [6.45, 7) is 5.90. The highest BCUT2D eigenvalue weighted by Gasteiger charge is 2.19. The van der Waals surface area contributed by atoms with Gasteiger partial charge in [0.05, 0.1) is 21.3 Å². The molecule has 0 unspecified atom stereocenters. The van der Waals surface area contributed by atoms with Crippen LogP contribution in [0.2, 0.25) is 0 Å². The van der Waals surface area contributed by atoms with Crippen molar-refractivity contribution in [1.29, 1.82) is 0 Å². The van der Waals surface area contributed by atoms with Crippen LogP contribution in [-0.4, -0.2) is 63.9 Å². The van der Waals surface area contributed by atoms with Crippen molar-refractivity contribution in [3.8, 4) is 17.2 Å². The summed E-state index contributed by atoms with van der Waals surface area (Å²) in [5.41, 5.74) is 2.67. The van der Waals surface area contributed by atoms with Crippen LogP contribution in [0.3, 0.4) is 0 Å². The fourth-order valence-corrected chi connectivity index (χ4v) is 3.88. The predicted octanol–water partition coefficient (Wildman–Crippen LogP) is 5.49. The normalized spacial score (nSPS) is 16.2. The first-order valence-corrected chi connectivity index (χ1v) is 11.5. The van der Waals surface area contributed by atoms with E-state index in [4.69, 9.17) is 14.2 Å². The number of hydrogen-bond donors (Lipinski definition) is 0. The topological polar surface area (TPSA) is 51.2 Å². The van der Waals surface area contributed by atoms with Gasteiger partial charge in [0.15, 0.2) is 11.5 Å². The van der Waals surface area contributed by atoms with Crippen LogP contribution >= 0.6 is 0 Å². The molecule has 0 aliphatic carbocycles. The molecule has 1 aliphatic heterocycles. The van der Waals surface area contributed by atoms with Crippen LogP contribution < -0.4 is 14.2 Å². The molecule has 0 saturated carbocycles. The van der Waals surface area contributed by atoms with Gasteiger partial charge in [0.2, 0.25) is 5.75 Å². The van der Waals surface area contributed by atoms with Gasteiger partial charge in [0.25, 0.3) is 5.91 Å². The van der Waals surface area contributed by atoms with Crippen molar-refractivity contribution in [2.24, 2.45) is 5.92 Å². The molecule has 1 aliphatic rings. The molecule has 3 rings (SSSR count). The summed E-state index contributed by atoms with van der Waals surface area (Å²) in [4.78, 5) is 14.5. The second-order valence-electron chi connectivity index (χ2n) is 8.59. The molecule has 1 fully saturated rings. The van der Waals surface area contributed by atoms with Gasteiger partial charge in [0, 0.05) is 32.2 Å². The van der Waals surface area contributed by atoms with Gasteiger partial charge >= 0.3 is 0 Å². The minimum Gasteiger partial charge on any atom is -0.493 e. The van der Waals surface area contributed by atoms with Gasteiger partial charge in [-0.15, -0.1) is 9.60 Å². The number of nitrogens with zero attached hydrogens (tertiary/aromatic N) is 2. The van der Waals surface area contributed by atoms with E-state index in [2.05, 4.69) is 13.0 Å². The summed E-state index contributed by atoms with van der Waals surface area (Å²) >= 11 is 0. The number of amides is 1. The molecule has 1 heterocycles. The van der Waals surface area contributed by atoms with E-state index in [9.17, 15) is 9.28 Å². The van der Waals surface area contributed by atoms with Crippen LogP contribution in [0.15, 0.2) is 48.0 Å². The van der Waals surface area contributed by atoms with Crippen molar-refractivity contribution in [1.82, 2.24) is 10.0 Å². The molecule has 0 bridgehead atoms. The Labute approximate surface area is 202 Å². The first-order valence-electron chi connectivity index (χ1n) is 11.5. The van der Waals surface area contributed by atoms with Crippen molar-refractivity contribution >= 4 is 12.0 Å². The molecule has 0 N–H and O–H groups in total. The Morgan fingerprint density at radius 2 is 1.74 bits per heavy atom. The van der Waals surface area contributed by atoms with Gasteiger partial charge in [0.1, 0.15) is 0 Å². The Morgan fingerprint density at radius 3 is 2.21 bits per heavy atom. The molecule has 34 heavy (non-hydrogen) atoms. The van der Waals surface area contributed by atoms with Crippen LogP contribution in [0.1, 0.15) is 42.6 Å². The quantitative estimate of drug-likeness (QED) is 0.499. The number of piperidine rings is 1. The van der Waals surface area contributed by atoms with Gasteiger partial charge in [-0.1, -0.05) is 48.9 Å². The van der Waals surface area contributed by atoms with Crippen molar-refractivity contribution in [2.75, 3.05) is 48.0 Å². The Bertz CT molecular complexity index is 916. The van der Waals surface area contributed by atoms with E-state index >= 15 is 0 Å². The molecule has 1 saturated heterocycles. The molecule has 6 nitrogen and oxygen atoms in total. The zero-order chi connectivity index (χ0) is 25.1. The maximum absolute atomic E-state index is 12.8. The lowest BCUT2D eigenvalue weighted by molar-refractivity contribution is -0.0125. The van der Waals surface area contributed by atoms with E-state index in [0.29, 0.717) is 48.4 Å². The molecule has 2 aromatic rings. The Morgan fingerprint density at radius 1 is 1.12 bits per heavy atom. The van der Waals surface area contributed by atoms with Crippen LogP contribution in [0.25, 0.3) is 6.08 Å². The summed E-state index contributed by atoms with van der Waals surface area (Å²) in [5, 5.41) is 0.911. The van der Waals surface area contributed by atoms with Gasteiger partial charge in [-0.25, -0.2) is 0 Å². The van der Waals surface area contributed by atoms with Crippen LogP contribution in [0.4, 0.5) is 4.48 Å². The number of ether oxygens (including phenoxy) is 3. The predicted molar refractivity (Wildman–Crippen MR) is 134 cm³/mol. The Kier molecular flexibility index (Phi) is 10.9. The smallest absolute Gasteiger partial charge is 0.254 e. The second kappa shape index (κ2) is 13.6. The van der Waals surface area contributed by atoms with E-state index in [0.717, 1.165) is 22.7 Å². The van der Waals surface area contributed by atoms with E-state index in [1.165, 1.54) is 27.8 Å². The summed E-state index contributed by atoms with van der Waals surface area (Å²) in [6, 6.07) is 13.3. The van der Waals surface area contributed by atoms with Gasteiger partial charge in [-0.05, 0) is 43.4 Å². The van der Waals surface area contributed by atoms with Crippen LogP contribution in [0, 0.1) is 5.92 Å². The van der Waals surface area contributed by atoms with E-state index in [1.54, 1.807) is 24.1 Å². The molecule has 7 heteroatoms. The van der Waals surface area contributed by atoms with E-state index in [-0.39, 0.29) is 5.91 Å². The summed E-state index contributed by atoms with van der Waals surface area (Å²) in [5.74, 6) is 1.83. The average molecular weight is 473 g/mol. The summed E-state index contributed by atoms with van der Waals surface area (Å²) in [6.07, 6.45) is 4.29. The molecular formula is C27H37FN2O4. The molecule has 1 atom stereocenters. The lowest BCUT2D eigenvalue weighted by Crippen LogP contribution is -2.28. The average Bonchev–Trinajstić information content (AvgIpc) is 2.83. The number of hydrogen-bond acceptors (Lipinski definition) is 5. The fourth-order valence-electron chi connectivity index (χ4n) is 3.88. The van der Waals surface area contributed by atoms with Crippen LogP contribution in [-0.2, 0) is 0 Å². The first-order chi connectivity index (χ1) is 16.3. The largest absolute Gasteiger partial charge is 0.493 e. The van der Waals surface area contributed by atoms with Crippen molar-refractivity contribution < 1.29 is 23.5 Å². The Hall–Kier alpha value is -3.06. The molecule has 0 spiro atoms. The SMILES string of the molecule is COc1cc(C(=O)N(C)C/C(C)=C/c2ccccc2)cc(OC)c1OC.C[C@@H]1CCCN(F)C1. The number of likely N-dealkylation sites (N-methyl/N-ethyl adjacent to an activating group) is 1. The maximum Gasteiger partial charge on any atom is 0.254 e. The Balaban J connectivity index is 0.000000430. The first kappa shape index (κ1) is 27.2. The van der Waals surface area contributed by atoms with Gasteiger partial charge in [-0.2, -0.15) is 0 Å². The summed E-state index contributed by atoms with van der Waals surface area (Å²) < 4.78 is 28.2. The van der Waals surface area contributed by atoms with Crippen molar-refractivity contribution in [3.05, 3.63) is 59.2 Å². The van der Waals surface area contributed by atoms with E-state index in [1.807, 2.05) is 37.3 Å². The molecule has 0 aromatic heterocycles. The molecule has 1 amide bonds. The van der Waals surface area contributed by atoms with Crippen LogP contribution in [0.5, 0.6) is 17.2 Å². The fraction of sp³-hybridized carbons (Fsp3) is 0.444. The minimum atomic E-state index is -0.120. The number of carbonyl (C=O) groups is 1. The highest BCUT2D eigenvalue weighted by atomic mass is 19.2. The second-order valence-corrected chi connectivity index (χ2v) is 8.59. The van der Waals surface area contributed by atoms with Crippen molar-refractivity contribution in [3.63, 3.8) is 0 Å². The highest BCUT2D eigenvalue weighted by Crippen LogP contribution is 2.38.